The molecule has 9 heteroatoms. The van der Waals surface area contributed by atoms with Gasteiger partial charge in [-0.1, -0.05) is 11.6 Å². The molecule has 0 spiro atoms. The van der Waals surface area contributed by atoms with Crippen molar-refractivity contribution in [1.82, 2.24) is 10.0 Å². The molecule has 0 saturated carbocycles. The number of nitrogens with two attached hydrogens (primary N) is 1. The first-order valence-corrected chi connectivity index (χ1v) is 8.03. The minimum Gasteiger partial charge on any atom is -0.397 e. The summed E-state index contributed by atoms with van der Waals surface area (Å²) in [6, 6.07) is 4.02. The molecule has 0 atom stereocenters. The van der Waals surface area contributed by atoms with Crippen LogP contribution in [-0.4, -0.2) is 41.1 Å². The van der Waals surface area contributed by atoms with Crippen LogP contribution in [0.4, 0.5) is 5.69 Å². The number of ether oxygens (including phenoxy) is 1. The van der Waals surface area contributed by atoms with Gasteiger partial charge in [-0.3, -0.25) is 4.79 Å². The number of sulfonamides is 1. The molecule has 0 radical (unpaired) electrons. The van der Waals surface area contributed by atoms with Gasteiger partial charge in [0, 0.05) is 26.6 Å². The Morgan fingerprint density at radius 1 is 1.38 bits per heavy atom. The molecule has 1 amide bonds. The van der Waals surface area contributed by atoms with Crippen LogP contribution in [0.2, 0.25) is 5.02 Å². The maximum Gasteiger partial charge on any atom is 0.240 e. The Hall–Kier alpha value is -1.35. The number of hydrogen-bond acceptors (Lipinski definition) is 5. The molecule has 118 valence electrons. The number of amides is 1. The SMILES string of the molecule is COCCNC(=O)CCNS(=O)(=O)c1ccc(Cl)c(N)c1. The Morgan fingerprint density at radius 3 is 2.71 bits per heavy atom. The van der Waals surface area contributed by atoms with Gasteiger partial charge in [-0.05, 0) is 18.2 Å². The highest BCUT2D eigenvalue weighted by molar-refractivity contribution is 7.89. The van der Waals surface area contributed by atoms with E-state index < -0.39 is 10.0 Å². The number of nitrogen functional groups attached to an aromatic ring is 1. The maximum atomic E-state index is 12.0. The van der Waals surface area contributed by atoms with E-state index in [1.165, 1.54) is 25.3 Å². The number of rotatable bonds is 8. The fourth-order valence-corrected chi connectivity index (χ4v) is 2.64. The minimum absolute atomic E-state index is 0.00388. The molecule has 7 nitrogen and oxygen atoms in total. The van der Waals surface area contributed by atoms with E-state index in [0.29, 0.717) is 13.2 Å². The topological polar surface area (TPSA) is 111 Å². The molecule has 21 heavy (non-hydrogen) atoms. The van der Waals surface area contributed by atoms with Crippen molar-refractivity contribution in [3.8, 4) is 0 Å². The Bertz CT molecular complexity index is 592. The summed E-state index contributed by atoms with van der Waals surface area (Å²) >= 11 is 5.73. The lowest BCUT2D eigenvalue weighted by molar-refractivity contribution is -0.121. The molecule has 0 unspecified atom stereocenters. The summed E-state index contributed by atoms with van der Waals surface area (Å²) < 4.78 is 31.1. The van der Waals surface area contributed by atoms with Crippen LogP contribution in [0.25, 0.3) is 0 Å². The molecule has 0 aliphatic heterocycles. The van der Waals surface area contributed by atoms with Gasteiger partial charge in [0.25, 0.3) is 0 Å². The van der Waals surface area contributed by atoms with Crippen molar-refractivity contribution >= 4 is 33.2 Å². The summed E-state index contributed by atoms with van der Waals surface area (Å²) in [6.07, 6.45) is 0.0337. The van der Waals surface area contributed by atoms with Crippen LogP contribution >= 0.6 is 11.6 Å². The lowest BCUT2D eigenvalue weighted by Crippen LogP contribution is -2.32. The van der Waals surface area contributed by atoms with E-state index in [1.54, 1.807) is 0 Å². The average Bonchev–Trinajstić information content (AvgIpc) is 2.42. The normalized spacial score (nSPS) is 11.3. The van der Waals surface area contributed by atoms with Crippen LogP contribution in [0.5, 0.6) is 0 Å². The molecule has 0 aromatic heterocycles. The van der Waals surface area contributed by atoms with Gasteiger partial charge < -0.3 is 15.8 Å². The predicted molar refractivity (Wildman–Crippen MR) is 80.6 cm³/mol. The molecule has 1 rings (SSSR count). The van der Waals surface area contributed by atoms with Crippen molar-refractivity contribution < 1.29 is 17.9 Å². The average molecular weight is 336 g/mol. The first kappa shape index (κ1) is 17.7. The molecule has 0 heterocycles. The van der Waals surface area contributed by atoms with Crippen LogP contribution in [0.3, 0.4) is 0 Å². The first-order valence-electron chi connectivity index (χ1n) is 6.17. The zero-order chi connectivity index (χ0) is 15.9. The van der Waals surface area contributed by atoms with Gasteiger partial charge in [-0.15, -0.1) is 0 Å². The number of methoxy groups -OCH3 is 1. The van der Waals surface area contributed by atoms with Gasteiger partial charge in [0.2, 0.25) is 15.9 Å². The third kappa shape index (κ3) is 5.88. The van der Waals surface area contributed by atoms with E-state index in [1.807, 2.05) is 0 Å². The molecule has 0 aliphatic rings. The van der Waals surface area contributed by atoms with E-state index in [0.717, 1.165) is 0 Å². The summed E-state index contributed by atoms with van der Waals surface area (Å²) in [5.41, 5.74) is 5.74. The van der Waals surface area contributed by atoms with Gasteiger partial charge >= 0.3 is 0 Å². The van der Waals surface area contributed by atoms with Gasteiger partial charge in [0.05, 0.1) is 22.2 Å². The summed E-state index contributed by atoms with van der Waals surface area (Å²) in [5, 5.41) is 2.87. The second-order valence-electron chi connectivity index (χ2n) is 4.17. The van der Waals surface area contributed by atoms with Crippen molar-refractivity contribution in [2.24, 2.45) is 0 Å². The van der Waals surface area contributed by atoms with Crippen LogP contribution in [0.15, 0.2) is 23.1 Å². The summed E-state index contributed by atoms with van der Waals surface area (Å²) in [7, 11) is -2.19. The zero-order valence-corrected chi connectivity index (χ0v) is 13.1. The van der Waals surface area contributed by atoms with Crippen LogP contribution in [-0.2, 0) is 19.6 Å². The van der Waals surface area contributed by atoms with E-state index in [9.17, 15) is 13.2 Å². The molecule has 0 aliphatic carbocycles. The molecule has 1 aromatic rings. The minimum atomic E-state index is -3.71. The Morgan fingerprint density at radius 2 is 2.10 bits per heavy atom. The molecular formula is C12H18ClN3O4S. The highest BCUT2D eigenvalue weighted by Crippen LogP contribution is 2.21. The first-order chi connectivity index (χ1) is 9.86. The van der Waals surface area contributed by atoms with Crippen LogP contribution < -0.4 is 15.8 Å². The van der Waals surface area contributed by atoms with E-state index >= 15 is 0 Å². The third-order valence-electron chi connectivity index (χ3n) is 2.55. The smallest absolute Gasteiger partial charge is 0.240 e. The number of nitrogens with one attached hydrogen (secondary N) is 2. The second-order valence-corrected chi connectivity index (χ2v) is 6.35. The second kappa shape index (κ2) is 8.18. The predicted octanol–water partition coefficient (Wildman–Crippen LogP) is 0.353. The molecule has 0 bridgehead atoms. The van der Waals surface area contributed by atoms with E-state index in [2.05, 4.69) is 10.0 Å². The summed E-state index contributed by atoms with van der Waals surface area (Å²) in [4.78, 5) is 11.4. The van der Waals surface area contributed by atoms with Gasteiger partial charge in [0.15, 0.2) is 0 Å². The van der Waals surface area contributed by atoms with Crippen molar-refractivity contribution in [1.29, 1.82) is 0 Å². The molecule has 4 N–H and O–H groups in total. The van der Waals surface area contributed by atoms with Gasteiger partial charge in [-0.25, -0.2) is 13.1 Å². The highest BCUT2D eigenvalue weighted by Gasteiger charge is 2.15. The standard InChI is InChI=1S/C12H18ClN3O4S/c1-20-7-6-15-12(17)4-5-16-21(18,19)9-2-3-10(13)11(14)8-9/h2-3,8,16H,4-7,14H2,1H3,(H,15,17). The van der Waals surface area contributed by atoms with Crippen molar-refractivity contribution in [3.63, 3.8) is 0 Å². The zero-order valence-electron chi connectivity index (χ0n) is 11.6. The summed E-state index contributed by atoms with van der Waals surface area (Å²) in [6.45, 7) is 0.779. The number of benzene rings is 1. The van der Waals surface area contributed by atoms with Crippen molar-refractivity contribution in [2.45, 2.75) is 11.3 Å². The van der Waals surface area contributed by atoms with Crippen LogP contribution in [0, 0.1) is 0 Å². The van der Waals surface area contributed by atoms with E-state index in [4.69, 9.17) is 22.1 Å². The fourth-order valence-electron chi connectivity index (χ4n) is 1.45. The number of anilines is 1. The summed E-state index contributed by atoms with van der Waals surface area (Å²) in [5.74, 6) is -0.259. The number of carbonyl (C=O) groups is 1. The Labute approximate surface area is 128 Å². The number of hydrogen-bond donors (Lipinski definition) is 3. The third-order valence-corrected chi connectivity index (χ3v) is 4.35. The van der Waals surface area contributed by atoms with Gasteiger partial charge in [-0.2, -0.15) is 0 Å². The molecule has 1 aromatic carbocycles. The fraction of sp³-hybridized carbons (Fsp3) is 0.417. The maximum absolute atomic E-state index is 12.0. The number of carbonyl (C=O) groups excluding carboxylic acids is 1. The Kier molecular flexibility index (Phi) is 6.90. The molecule has 0 fully saturated rings. The number of halogens is 1. The largest absolute Gasteiger partial charge is 0.397 e. The Balaban J connectivity index is 2.50. The van der Waals surface area contributed by atoms with E-state index in [-0.39, 0.29) is 34.5 Å². The molecular weight excluding hydrogens is 318 g/mol. The van der Waals surface area contributed by atoms with Gasteiger partial charge in [0.1, 0.15) is 0 Å². The van der Waals surface area contributed by atoms with Crippen molar-refractivity contribution in [3.05, 3.63) is 23.2 Å². The van der Waals surface area contributed by atoms with Crippen molar-refractivity contribution in [2.75, 3.05) is 32.5 Å². The lowest BCUT2D eigenvalue weighted by Gasteiger charge is -2.08. The quantitative estimate of drug-likeness (QED) is 0.469. The van der Waals surface area contributed by atoms with Crippen LogP contribution in [0.1, 0.15) is 6.42 Å². The monoisotopic (exact) mass is 335 g/mol. The highest BCUT2D eigenvalue weighted by atomic mass is 35.5. The lowest BCUT2D eigenvalue weighted by atomic mass is 10.3. The molecule has 0 saturated heterocycles.